The summed E-state index contributed by atoms with van der Waals surface area (Å²) < 4.78 is 29.1. The normalized spacial score (nSPS) is 19.9. The molecule has 0 saturated heterocycles. The van der Waals surface area contributed by atoms with E-state index in [0.29, 0.717) is 12.5 Å². The van der Waals surface area contributed by atoms with Gasteiger partial charge in [-0.1, -0.05) is 90.4 Å². The third-order valence-corrected chi connectivity index (χ3v) is 6.27. The van der Waals surface area contributed by atoms with Crippen LogP contribution in [-0.2, 0) is 14.3 Å². The van der Waals surface area contributed by atoms with E-state index < -0.39 is 10.1 Å². The van der Waals surface area contributed by atoms with Crippen molar-refractivity contribution in [2.45, 2.75) is 103 Å². The van der Waals surface area contributed by atoms with Gasteiger partial charge in [-0.05, 0) is 18.8 Å². The van der Waals surface area contributed by atoms with Crippen molar-refractivity contribution < 1.29 is 12.6 Å². The summed E-state index contributed by atoms with van der Waals surface area (Å²) in [5.41, 5.74) is 0. The van der Waals surface area contributed by atoms with Gasteiger partial charge in [0.05, 0.1) is 12.4 Å². The highest BCUT2D eigenvalue weighted by Crippen LogP contribution is 2.24. The predicted molar refractivity (Wildman–Crippen MR) is 98.2 cm³/mol. The number of hydrogen-bond acceptors (Lipinski definition) is 3. The highest BCUT2D eigenvalue weighted by atomic mass is 32.2. The second-order valence-corrected chi connectivity index (χ2v) is 8.96. The van der Waals surface area contributed by atoms with Crippen molar-refractivity contribution >= 4 is 10.1 Å². The molecule has 1 rings (SSSR count). The highest BCUT2D eigenvalue weighted by Gasteiger charge is 2.16. The molecule has 0 spiro atoms. The van der Waals surface area contributed by atoms with Crippen LogP contribution >= 0.6 is 0 Å². The molecule has 1 aliphatic rings. The van der Waals surface area contributed by atoms with Crippen molar-refractivity contribution in [3.63, 3.8) is 0 Å². The molecule has 23 heavy (non-hydrogen) atoms. The molecule has 0 heterocycles. The Hall–Kier alpha value is -0.0900. The zero-order valence-corrected chi connectivity index (χ0v) is 16.0. The van der Waals surface area contributed by atoms with Crippen LogP contribution in [0.15, 0.2) is 0 Å². The van der Waals surface area contributed by atoms with Crippen molar-refractivity contribution in [3.8, 4) is 0 Å². The Bertz CT molecular complexity index is 353. The fourth-order valence-electron chi connectivity index (χ4n) is 3.44. The Labute approximate surface area is 144 Å². The third-order valence-electron chi connectivity index (χ3n) is 5.01. The summed E-state index contributed by atoms with van der Waals surface area (Å²) in [4.78, 5) is 0. The molecule has 138 valence electrons. The lowest BCUT2D eigenvalue weighted by Crippen LogP contribution is -2.15. The Morgan fingerprint density at radius 1 is 0.826 bits per heavy atom. The third kappa shape index (κ3) is 12.0. The molecule has 1 saturated carbocycles. The molecule has 0 radical (unpaired) electrons. The molecule has 0 amide bonds. The van der Waals surface area contributed by atoms with Gasteiger partial charge in [-0.2, -0.15) is 8.42 Å². The first-order chi connectivity index (χ1) is 11.1. The smallest absolute Gasteiger partial charge is 0.267 e. The molecular formula is C19H38O3S. The molecule has 0 aromatic carbocycles. The van der Waals surface area contributed by atoms with Gasteiger partial charge in [-0.15, -0.1) is 0 Å². The van der Waals surface area contributed by atoms with Crippen LogP contribution < -0.4 is 0 Å². The topological polar surface area (TPSA) is 43.4 Å². The summed E-state index contributed by atoms with van der Waals surface area (Å²) in [5.74, 6) is 0.785. The van der Waals surface area contributed by atoms with Gasteiger partial charge in [0.1, 0.15) is 0 Å². The van der Waals surface area contributed by atoms with E-state index in [1.807, 2.05) is 0 Å². The van der Waals surface area contributed by atoms with E-state index in [0.717, 1.165) is 25.7 Å². The van der Waals surface area contributed by atoms with Gasteiger partial charge < -0.3 is 0 Å². The van der Waals surface area contributed by atoms with E-state index in [9.17, 15) is 8.42 Å². The van der Waals surface area contributed by atoms with Crippen LogP contribution in [0.4, 0.5) is 0 Å². The van der Waals surface area contributed by atoms with Gasteiger partial charge in [0.2, 0.25) is 0 Å². The summed E-state index contributed by atoms with van der Waals surface area (Å²) in [7, 11) is -3.31. The van der Waals surface area contributed by atoms with Crippen LogP contribution in [0, 0.1) is 5.92 Å². The van der Waals surface area contributed by atoms with Crippen LogP contribution in [0.1, 0.15) is 103 Å². The second kappa shape index (κ2) is 13.2. The van der Waals surface area contributed by atoms with Gasteiger partial charge in [0, 0.05) is 0 Å². The van der Waals surface area contributed by atoms with Crippen LogP contribution in [0.3, 0.4) is 0 Å². The Morgan fingerprint density at radius 3 is 1.87 bits per heavy atom. The summed E-state index contributed by atoms with van der Waals surface area (Å²) >= 11 is 0. The van der Waals surface area contributed by atoms with E-state index in [-0.39, 0.29) is 5.75 Å². The average Bonchev–Trinajstić information content (AvgIpc) is 2.51. The average molecular weight is 347 g/mol. The maximum absolute atomic E-state index is 12.0. The van der Waals surface area contributed by atoms with Crippen LogP contribution in [0.25, 0.3) is 0 Å². The van der Waals surface area contributed by atoms with Gasteiger partial charge in [-0.25, -0.2) is 0 Å². The molecule has 3 nitrogen and oxygen atoms in total. The molecule has 0 unspecified atom stereocenters. The van der Waals surface area contributed by atoms with E-state index in [2.05, 4.69) is 6.92 Å². The zero-order valence-electron chi connectivity index (χ0n) is 15.2. The van der Waals surface area contributed by atoms with Gasteiger partial charge in [0.25, 0.3) is 10.1 Å². The predicted octanol–water partition coefficient (Wildman–Crippen LogP) is 5.83. The number of unbranched alkanes of at least 4 members (excludes halogenated alkanes) is 2. The van der Waals surface area contributed by atoms with E-state index in [4.69, 9.17) is 4.18 Å². The molecule has 1 aliphatic carbocycles. The van der Waals surface area contributed by atoms with Crippen molar-refractivity contribution in [2.75, 3.05) is 12.4 Å². The maximum Gasteiger partial charge on any atom is 0.267 e. The summed E-state index contributed by atoms with van der Waals surface area (Å²) in [6.45, 7) is 2.47. The Morgan fingerprint density at radius 2 is 1.35 bits per heavy atom. The lowest BCUT2D eigenvalue weighted by molar-refractivity contribution is 0.303. The number of hydrogen-bond donors (Lipinski definition) is 0. The molecule has 0 N–H and O–H groups in total. The van der Waals surface area contributed by atoms with Crippen LogP contribution in [0.5, 0.6) is 0 Å². The molecule has 0 aromatic rings. The molecule has 0 aromatic heterocycles. The van der Waals surface area contributed by atoms with Crippen LogP contribution in [0.2, 0.25) is 0 Å². The highest BCUT2D eigenvalue weighted by molar-refractivity contribution is 7.86. The summed E-state index contributed by atoms with van der Waals surface area (Å²) in [6.07, 6.45) is 18.2. The van der Waals surface area contributed by atoms with Gasteiger partial charge >= 0.3 is 0 Å². The monoisotopic (exact) mass is 346 g/mol. The van der Waals surface area contributed by atoms with Crippen molar-refractivity contribution in [1.29, 1.82) is 0 Å². The first kappa shape index (κ1) is 21.0. The lowest BCUT2D eigenvalue weighted by atomic mass is 9.91. The van der Waals surface area contributed by atoms with E-state index >= 15 is 0 Å². The fraction of sp³-hybridized carbons (Fsp3) is 1.00. The minimum Gasteiger partial charge on any atom is -0.270 e. The van der Waals surface area contributed by atoms with Gasteiger partial charge in [-0.3, -0.25) is 4.18 Å². The van der Waals surface area contributed by atoms with E-state index in [1.165, 1.54) is 70.6 Å². The minimum atomic E-state index is -3.31. The second-order valence-electron chi connectivity index (χ2n) is 7.20. The lowest BCUT2D eigenvalue weighted by Gasteiger charge is -2.17. The molecule has 1 fully saturated rings. The Kier molecular flexibility index (Phi) is 12.1. The molecule has 0 bridgehead atoms. The molecule has 0 atom stereocenters. The molecule has 0 aliphatic heterocycles. The quantitative estimate of drug-likeness (QED) is 0.410. The summed E-state index contributed by atoms with van der Waals surface area (Å²) in [6, 6.07) is 0. The SMILES string of the molecule is CCCCCOS(=O)(=O)CCC1CCCCCCCCCCC1. The molecule has 4 heteroatoms. The first-order valence-corrected chi connectivity index (χ1v) is 11.6. The van der Waals surface area contributed by atoms with Crippen molar-refractivity contribution in [2.24, 2.45) is 5.92 Å². The fourth-order valence-corrected chi connectivity index (χ4v) is 4.56. The molecular weight excluding hydrogens is 308 g/mol. The van der Waals surface area contributed by atoms with Crippen molar-refractivity contribution in [3.05, 3.63) is 0 Å². The zero-order chi connectivity index (χ0) is 16.8. The minimum absolute atomic E-state index is 0.212. The van der Waals surface area contributed by atoms with Gasteiger partial charge in [0.15, 0.2) is 0 Å². The Balaban J connectivity index is 2.29. The van der Waals surface area contributed by atoms with E-state index in [1.54, 1.807) is 0 Å². The van der Waals surface area contributed by atoms with Crippen LogP contribution in [-0.4, -0.2) is 20.8 Å². The van der Waals surface area contributed by atoms with Crippen molar-refractivity contribution in [1.82, 2.24) is 0 Å². The summed E-state index contributed by atoms with van der Waals surface area (Å²) in [5, 5.41) is 0. The largest absolute Gasteiger partial charge is 0.270 e. The first-order valence-electron chi connectivity index (χ1n) is 10.0. The standard InChI is InChI=1S/C19H38O3S/c1-2-3-13-17-22-23(20,21)18-16-19-14-11-9-7-5-4-6-8-10-12-15-19/h19H,2-18H2,1H3. The maximum atomic E-state index is 12.0. The number of rotatable bonds is 8.